The molecule has 0 bridgehead atoms. The highest BCUT2D eigenvalue weighted by Crippen LogP contribution is 2.61. The van der Waals surface area contributed by atoms with Crippen LogP contribution in [0.3, 0.4) is 0 Å². The lowest BCUT2D eigenvalue weighted by Crippen LogP contribution is -2.37. The van der Waals surface area contributed by atoms with Crippen LogP contribution in [0.25, 0.3) is 0 Å². The van der Waals surface area contributed by atoms with Gasteiger partial charge in [0.2, 0.25) is 0 Å². The van der Waals surface area contributed by atoms with Crippen LogP contribution in [0.1, 0.15) is 142 Å². The standard InChI is InChI=1S/C24H52O7P2.C5H12O4/c1-3-5-7-9-11-13-15-17-19-21-23-29-33(28,31-32(25,26)27)30-24-22-20-18-16-14-12-10-8-6-4-2;6-1-5(2-7,3-8)4-9/h3-24H2,1-2H3,(H2,25,26,27);6-9H,1-4H2. The third-order valence-electron chi connectivity index (χ3n) is 7.04. The predicted molar refractivity (Wildman–Crippen MR) is 167 cm³/mol. The molecule has 0 aliphatic carbocycles. The molecule has 0 aromatic heterocycles. The summed E-state index contributed by atoms with van der Waals surface area (Å²) < 4.78 is 38.5. The third-order valence-corrected chi connectivity index (χ3v) is 9.69. The highest BCUT2D eigenvalue weighted by atomic mass is 31.3. The molecule has 0 aromatic carbocycles. The van der Waals surface area contributed by atoms with Crippen LogP contribution in [0, 0.1) is 5.41 Å². The number of unbranched alkanes of at least 4 members (excludes halogenated alkanes) is 18. The Balaban J connectivity index is 0. The molecule has 0 spiro atoms. The molecule has 0 unspecified atom stereocenters. The first-order valence-corrected chi connectivity index (χ1v) is 19.2. The lowest BCUT2D eigenvalue weighted by atomic mass is 9.93. The van der Waals surface area contributed by atoms with Crippen LogP contribution in [0.15, 0.2) is 0 Å². The molecule has 11 nitrogen and oxygen atoms in total. The van der Waals surface area contributed by atoms with Crippen LogP contribution in [0.4, 0.5) is 0 Å². The predicted octanol–water partition coefficient (Wildman–Crippen LogP) is 7.02. The second-order valence-electron chi connectivity index (χ2n) is 11.2. The van der Waals surface area contributed by atoms with E-state index in [0.717, 1.165) is 38.5 Å². The SMILES string of the molecule is CCCCCCCCCCCCOP(=O)(OCCCCCCCCCCCC)OP(=O)(O)O.OCC(CO)(CO)CO. The Bertz CT molecular complexity index is 610. The Hall–Kier alpha value is 0.100. The number of aliphatic hydroxyl groups is 4. The average Bonchev–Trinajstić information content (AvgIpc) is 2.95. The summed E-state index contributed by atoms with van der Waals surface area (Å²) in [6.07, 6.45) is 23.0. The van der Waals surface area contributed by atoms with Gasteiger partial charge in [0, 0.05) is 0 Å². The summed E-state index contributed by atoms with van der Waals surface area (Å²) in [6, 6.07) is 0. The first-order valence-electron chi connectivity index (χ1n) is 16.2. The molecule has 256 valence electrons. The molecule has 0 aliphatic rings. The Labute approximate surface area is 255 Å². The molecule has 0 atom stereocenters. The average molecular weight is 651 g/mol. The minimum absolute atomic E-state index is 0.103. The molecule has 13 heteroatoms. The first kappa shape index (κ1) is 44.2. The fourth-order valence-electron chi connectivity index (χ4n) is 4.05. The van der Waals surface area contributed by atoms with E-state index in [2.05, 4.69) is 18.2 Å². The van der Waals surface area contributed by atoms with Gasteiger partial charge >= 0.3 is 15.6 Å². The number of rotatable bonds is 30. The van der Waals surface area contributed by atoms with Crippen molar-refractivity contribution in [3.8, 4) is 0 Å². The summed E-state index contributed by atoms with van der Waals surface area (Å²) in [7, 11) is -9.22. The monoisotopic (exact) mass is 650 g/mol. The highest BCUT2D eigenvalue weighted by molar-refractivity contribution is 7.61. The summed E-state index contributed by atoms with van der Waals surface area (Å²) in [6.45, 7) is 3.02. The molecule has 42 heavy (non-hydrogen) atoms. The zero-order valence-corrected chi connectivity index (χ0v) is 28.3. The van der Waals surface area contributed by atoms with Gasteiger partial charge in [-0.15, -0.1) is 0 Å². The fraction of sp³-hybridized carbons (Fsp3) is 1.00. The van der Waals surface area contributed by atoms with Gasteiger partial charge in [0.25, 0.3) is 0 Å². The van der Waals surface area contributed by atoms with Gasteiger partial charge in [-0.2, -0.15) is 4.31 Å². The number of phosphoric acid groups is 2. The second-order valence-corrected chi connectivity index (χ2v) is 14.2. The molecular weight excluding hydrogens is 586 g/mol. The third kappa shape index (κ3) is 28.8. The molecule has 0 amide bonds. The minimum atomic E-state index is -4.96. The van der Waals surface area contributed by atoms with Crippen LogP contribution in [0.2, 0.25) is 0 Å². The number of hydrogen-bond donors (Lipinski definition) is 6. The van der Waals surface area contributed by atoms with Gasteiger partial charge in [0.1, 0.15) is 0 Å². The van der Waals surface area contributed by atoms with Crippen LogP contribution in [-0.2, 0) is 22.5 Å². The Morgan fingerprint density at radius 2 is 0.738 bits per heavy atom. The number of phosphoric ester groups is 1. The maximum atomic E-state index is 12.6. The van der Waals surface area contributed by atoms with E-state index in [1.807, 2.05) is 0 Å². The molecule has 0 saturated carbocycles. The van der Waals surface area contributed by atoms with Crippen LogP contribution >= 0.6 is 15.6 Å². The molecule has 0 heterocycles. The van der Waals surface area contributed by atoms with Gasteiger partial charge in [-0.1, -0.05) is 129 Å². The summed E-state index contributed by atoms with van der Waals surface area (Å²) >= 11 is 0. The summed E-state index contributed by atoms with van der Waals surface area (Å²) in [4.78, 5) is 18.1. The second kappa shape index (κ2) is 29.8. The number of aliphatic hydroxyl groups excluding tert-OH is 4. The maximum Gasteiger partial charge on any atom is 0.483 e. The van der Waals surface area contributed by atoms with E-state index in [0.29, 0.717) is 12.8 Å². The van der Waals surface area contributed by atoms with Crippen molar-refractivity contribution >= 4 is 15.6 Å². The lowest BCUT2D eigenvalue weighted by Gasteiger charge is -2.23. The summed E-state index contributed by atoms with van der Waals surface area (Å²) in [5.41, 5.74) is -1.11. The van der Waals surface area contributed by atoms with Crippen molar-refractivity contribution in [2.24, 2.45) is 5.41 Å². The van der Waals surface area contributed by atoms with Crippen LogP contribution < -0.4 is 0 Å². The van der Waals surface area contributed by atoms with Crippen LogP contribution in [-0.4, -0.2) is 69.9 Å². The molecule has 0 fully saturated rings. The largest absolute Gasteiger partial charge is 0.483 e. The van der Waals surface area contributed by atoms with E-state index in [-0.39, 0.29) is 13.2 Å². The van der Waals surface area contributed by atoms with Gasteiger partial charge in [-0.3, -0.25) is 9.05 Å². The smallest absolute Gasteiger partial charge is 0.396 e. The Morgan fingerprint density at radius 1 is 0.476 bits per heavy atom. The van der Waals surface area contributed by atoms with Gasteiger partial charge < -0.3 is 30.2 Å². The lowest BCUT2D eigenvalue weighted by molar-refractivity contribution is -0.0328. The van der Waals surface area contributed by atoms with Crippen molar-refractivity contribution in [1.82, 2.24) is 0 Å². The molecule has 0 rings (SSSR count). The highest BCUT2D eigenvalue weighted by Gasteiger charge is 2.35. The topological polar surface area (TPSA) is 183 Å². The molecule has 6 N–H and O–H groups in total. The van der Waals surface area contributed by atoms with Gasteiger partial charge in [-0.25, -0.2) is 9.13 Å². The van der Waals surface area contributed by atoms with E-state index in [9.17, 15) is 9.13 Å². The molecule has 0 aromatic rings. The molecule has 0 aliphatic heterocycles. The van der Waals surface area contributed by atoms with Crippen molar-refractivity contribution in [1.29, 1.82) is 0 Å². The maximum absolute atomic E-state index is 12.6. The van der Waals surface area contributed by atoms with Crippen molar-refractivity contribution in [3.05, 3.63) is 0 Å². The number of hydrogen-bond acceptors (Lipinski definition) is 9. The van der Waals surface area contributed by atoms with Gasteiger partial charge in [0.05, 0.1) is 45.1 Å². The van der Waals surface area contributed by atoms with E-state index in [1.165, 1.54) is 77.0 Å². The Morgan fingerprint density at radius 3 is 0.952 bits per heavy atom. The zero-order chi connectivity index (χ0) is 32.0. The fourth-order valence-corrected chi connectivity index (χ4v) is 6.25. The van der Waals surface area contributed by atoms with Crippen molar-refractivity contribution < 1.29 is 52.7 Å². The van der Waals surface area contributed by atoms with Gasteiger partial charge in [-0.05, 0) is 12.8 Å². The summed E-state index contributed by atoms with van der Waals surface area (Å²) in [5, 5.41) is 34.0. The molecule has 0 saturated heterocycles. The van der Waals surface area contributed by atoms with Crippen LogP contribution in [0.5, 0.6) is 0 Å². The van der Waals surface area contributed by atoms with E-state index < -0.39 is 47.5 Å². The molecule has 0 radical (unpaired) electrons. The van der Waals surface area contributed by atoms with Gasteiger partial charge in [0.15, 0.2) is 0 Å². The van der Waals surface area contributed by atoms with Crippen molar-refractivity contribution in [2.45, 2.75) is 142 Å². The van der Waals surface area contributed by atoms with E-state index in [1.54, 1.807) is 0 Å². The molecular formula is C29H64O11P2. The Kier molecular flexibility index (Phi) is 31.4. The normalized spacial score (nSPS) is 12.4. The summed E-state index contributed by atoms with van der Waals surface area (Å²) in [5.74, 6) is 0. The first-order chi connectivity index (χ1) is 20.1. The van der Waals surface area contributed by atoms with E-state index in [4.69, 9.17) is 39.3 Å². The minimum Gasteiger partial charge on any atom is -0.396 e. The quantitative estimate of drug-likeness (QED) is 0.0347. The van der Waals surface area contributed by atoms with E-state index >= 15 is 0 Å². The zero-order valence-electron chi connectivity index (χ0n) is 26.5. The van der Waals surface area contributed by atoms with Crippen molar-refractivity contribution in [3.63, 3.8) is 0 Å². The van der Waals surface area contributed by atoms with Crippen molar-refractivity contribution in [2.75, 3.05) is 39.6 Å².